The number of hydrogen-bond donors (Lipinski definition) is 0. The molecule has 0 aromatic rings. The zero-order valence-corrected chi connectivity index (χ0v) is 12.8. The highest BCUT2D eigenvalue weighted by Crippen LogP contribution is 2.12. The maximum atomic E-state index is 10.7. The summed E-state index contributed by atoms with van der Waals surface area (Å²) in [5, 5.41) is 0. The highest BCUT2D eigenvalue weighted by molar-refractivity contribution is 6.76. The van der Waals surface area contributed by atoms with Crippen LogP contribution < -0.4 is 0 Å². The highest BCUT2D eigenvalue weighted by Gasteiger charge is 2.18. The molecule has 0 spiro atoms. The second kappa shape index (κ2) is 6.40. The third kappa shape index (κ3) is 10.2. The van der Waals surface area contributed by atoms with Gasteiger partial charge in [-0.25, -0.2) is 0 Å². The molecular formula is C12H28NO2Si+. The molecule has 0 aromatic carbocycles. The van der Waals surface area contributed by atoms with Crippen molar-refractivity contribution in [3.63, 3.8) is 0 Å². The molecule has 96 valence electrons. The van der Waals surface area contributed by atoms with Crippen LogP contribution in [-0.2, 0) is 9.53 Å². The second-order valence-corrected chi connectivity index (χ2v) is 12.0. The topological polar surface area (TPSA) is 26.3 Å². The van der Waals surface area contributed by atoms with E-state index in [-0.39, 0.29) is 5.97 Å². The number of carbonyl (C=O) groups excluding carboxylic acids is 1. The maximum absolute atomic E-state index is 10.7. The van der Waals surface area contributed by atoms with Crippen molar-refractivity contribution in [2.75, 3.05) is 33.8 Å². The van der Waals surface area contributed by atoms with Crippen LogP contribution in [0.15, 0.2) is 0 Å². The van der Waals surface area contributed by atoms with Crippen LogP contribution in [0.5, 0.6) is 0 Å². The molecular weight excluding hydrogens is 218 g/mol. The van der Waals surface area contributed by atoms with Crippen LogP contribution in [0.2, 0.25) is 25.7 Å². The van der Waals surface area contributed by atoms with Crippen molar-refractivity contribution < 1.29 is 14.0 Å². The molecule has 0 atom stereocenters. The zero-order valence-electron chi connectivity index (χ0n) is 11.8. The summed E-state index contributed by atoms with van der Waals surface area (Å²) in [5.41, 5.74) is 0. The van der Waals surface area contributed by atoms with Crippen LogP contribution in [0.4, 0.5) is 0 Å². The number of likely N-dealkylation sites (N-methyl/N-ethyl adjacent to an activating group) is 1. The minimum Gasteiger partial charge on any atom is -0.460 e. The molecule has 4 heteroatoms. The number of carbonyl (C=O) groups is 1. The summed E-state index contributed by atoms with van der Waals surface area (Å²) in [5.74, 6) is -0.179. The van der Waals surface area contributed by atoms with Gasteiger partial charge in [0.1, 0.15) is 13.2 Å². The predicted octanol–water partition coefficient (Wildman–Crippen LogP) is 2.35. The average Bonchev–Trinajstić information content (AvgIpc) is 1.99. The molecule has 0 saturated carbocycles. The van der Waals surface area contributed by atoms with Gasteiger partial charge in [0.2, 0.25) is 0 Å². The van der Waals surface area contributed by atoms with Crippen molar-refractivity contribution >= 4 is 14.0 Å². The Balaban J connectivity index is 3.74. The van der Waals surface area contributed by atoms with Gasteiger partial charge in [-0.3, -0.25) is 4.79 Å². The molecule has 0 radical (unpaired) electrons. The van der Waals surface area contributed by atoms with Gasteiger partial charge >= 0.3 is 5.97 Å². The van der Waals surface area contributed by atoms with E-state index in [9.17, 15) is 4.79 Å². The summed E-state index contributed by atoms with van der Waals surface area (Å²) in [6.45, 7) is 11.3. The Labute approximate surface area is 101 Å². The first-order valence-electron chi connectivity index (χ1n) is 6.08. The van der Waals surface area contributed by atoms with Gasteiger partial charge in [0, 0.05) is 15.0 Å². The fourth-order valence-corrected chi connectivity index (χ4v) is 2.80. The number of hydrogen-bond acceptors (Lipinski definition) is 2. The van der Waals surface area contributed by atoms with Crippen LogP contribution in [-0.4, -0.2) is 52.3 Å². The molecule has 3 nitrogen and oxygen atoms in total. The molecule has 0 amide bonds. The first-order chi connectivity index (χ1) is 7.12. The summed E-state index contributed by atoms with van der Waals surface area (Å²) in [6.07, 6.45) is 1.28. The van der Waals surface area contributed by atoms with Crippen molar-refractivity contribution in [3.05, 3.63) is 0 Å². The summed E-state index contributed by atoms with van der Waals surface area (Å²) >= 11 is 0. The Morgan fingerprint density at radius 1 is 1.19 bits per heavy atom. The molecule has 0 N–H and O–H groups in total. The lowest BCUT2D eigenvalue weighted by Gasteiger charge is -2.30. The lowest BCUT2D eigenvalue weighted by Crippen LogP contribution is -2.43. The molecule has 0 aliphatic carbocycles. The Morgan fingerprint density at radius 2 is 1.75 bits per heavy atom. The van der Waals surface area contributed by atoms with Crippen molar-refractivity contribution in [1.82, 2.24) is 0 Å². The Kier molecular flexibility index (Phi) is 6.26. The lowest BCUT2D eigenvalue weighted by molar-refractivity contribution is -0.890. The van der Waals surface area contributed by atoms with Crippen LogP contribution in [0.3, 0.4) is 0 Å². The van der Waals surface area contributed by atoms with Crippen LogP contribution in [0, 0.1) is 0 Å². The third-order valence-electron chi connectivity index (χ3n) is 2.69. The number of ether oxygens (including phenoxy) is 1. The van der Waals surface area contributed by atoms with Crippen LogP contribution >= 0.6 is 0 Å². The first kappa shape index (κ1) is 15.6. The molecule has 0 aromatic heterocycles. The zero-order chi connectivity index (χ0) is 12.8. The van der Waals surface area contributed by atoms with Crippen molar-refractivity contribution in [1.29, 1.82) is 0 Å². The maximum Gasteiger partial charge on any atom is 0.302 e. The number of quaternary nitrogens is 1. The van der Waals surface area contributed by atoms with E-state index in [0.29, 0.717) is 6.61 Å². The highest BCUT2D eigenvalue weighted by atomic mass is 28.3. The number of nitrogens with zero attached hydrogens (tertiary/aromatic N) is 1. The quantitative estimate of drug-likeness (QED) is 0.391. The molecule has 0 aliphatic heterocycles. The monoisotopic (exact) mass is 246 g/mol. The predicted molar refractivity (Wildman–Crippen MR) is 71.2 cm³/mol. The fraction of sp³-hybridized carbons (Fsp3) is 0.917. The fourth-order valence-electron chi connectivity index (χ4n) is 1.59. The number of esters is 1. The molecule has 0 unspecified atom stereocenters. The summed E-state index contributed by atoms with van der Waals surface area (Å²) < 4.78 is 5.92. The van der Waals surface area contributed by atoms with Crippen LogP contribution in [0.1, 0.15) is 13.3 Å². The van der Waals surface area contributed by atoms with E-state index in [1.807, 2.05) is 0 Å². The smallest absolute Gasteiger partial charge is 0.302 e. The summed E-state index contributed by atoms with van der Waals surface area (Å²) in [7, 11) is 3.50. The van der Waals surface area contributed by atoms with E-state index >= 15 is 0 Å². The van der Waals surface area contributed by atoms with Crippen molar-refractivity contribution in [3.8, 4) is 0 Å². The molecule has 0 bridgehead atoms. The van der Waals surface area contributed by atoms with Gasteiger partial charge < -0.3 is 9.22 Å². The van der Waals surface area contributed by atoms with Gasteiger partial charge in [-0.15, -0.1) is 0 Å². The number of rotatable bonds is 7. The minimum absolute atomic E-state index is 0.179. The van der Waals surface area contributed by atoms with E-state index in [2.05, 4.69) is 33.7 Å². The standard InChI is InChI=1S/C12H28NO2Si/c1-12(14)15-10-9-13(2,3)8-7-11-16(4,5)6/h7-11H2,1-6H3/q+1. The first-order valence-corrected chi connectivity index (χ1v) is 9.78. The van der Waals surface area contributed by atoms with E-state index in [1.165, 1.54) is 25.9 Å². The van der Waals surface area contributed by atoms with Gasteiger partial charge in [-0.2, -0.15) is 0 Å². The van der Waals surface area contributed by atoms with E-state index < -0.39 is 8.07 Å². The minimum atomic E-state index is -0.901. The molecule has 0 heterocycles. The second-order valence-electron chi connectivity index (χ2n) is 6.39. The Bertz CT molecular complexity index is 222. The largest absolute Gasteiger partial charge is 0.460 e. The average molecular weight is 246 g/mol. The lowest BCUT2D eigenvalue weighted by atomic mass is 10.3. The normalized spacial score (nSPS) is 12.6. The van der Waals surface area contributed by atoms with E-state index in [0.717, 1.165) is 11.0 Å². The SMILES string of the molecule is CC(=O)OCC[N+](C)(C)CCC[Si](C)(C)C. The molecule has 0 fully saturated rings. The van der Waals surface area contributed by atoms with Crippen molar-refractivity contribution in [2.45, 2.75) is 39.0 Å². The third-order valence-corrected chi connectivity index (χ3v) is 4.55. The molecule has 0 aliphatic rings. The van der Waals surface area contributed by atoms with Gasteiger partial charge in [-0.1, -0.05) is 25.7 Å². The van der Waals surface area contributed by atoms with Crippen LogP contribution in [0.25, 0.3) is 0 Å². The summed E-state index contributed by atoms with van der Waals surface area (Å²) in [4.78, 5) is 10.7. The van der Waals surface area contributed by atoms with E-state index in [1.54, 1.807) is 0 Å². The summed E-state index contributed by atoms with van der Waals surface area (Å²) in [6, 6.07) is 1.38. The van der Waals surface area contributed by atoms with E-state index in [4.69, 9.17) is 4.74 Å². The van der Waals surface area contributed by atoms with Gasteiger partial charge in [0.05, 0.1) is 20.6 Å². The Hall–Kier alpha value is -0.353. The Morgan fingerprint density at radius 3 is 2.19 bits per heavy atom. The van der Waals surface area contributed by atoms with Gasteiger partial charge in [-0.05, 0) is 6.42 Å². The molecule has 0 rings (SSSR count). The van der Waals surface area contributed by atoms with Gasteiger partial charge in [0.15, 0.2) is 0 Å². The van der Waals surface area contributed by atoms with Crippen molar-refractivity contribution in [2.24, 2.45) is 0 Å². The van der Waals surface area contributed by atoms with Gasteiger partial charge in [0.25, 0.3) is 0 Å². The molecule has 16 heavy (non-hydrogen) atoms. The molecule has 0 saturated heterocycles.